The number of nitrogen functional groups attached to an aromatic ring is 1. The van der Waals surface area contributed by atoms with Crippen molar-refractivity contribution in [2.75, 3.05) is 45.3 Å². The molecule has 70 heavy (non-hydrogen) atoms. The van der Waals surface area contributed by atoms with Gasteiger partial charge < -0.3 is 57.1 Å². The van der Waals surface area contributed by atoms with E-state index in [-0.39, 0.29) is 88.0 Å². The number of fused-ring (bicyclic) bond motifs is 5. The third kappa shape index (κ3) is 15.8. The number of carboxylic acids is 2. The minimum absolute atomic E-state index is 0.00421. The average molecular weight is 983 g/mol. The maximum Gasteiger partial charge on any atom is 0.326 e. The topological polar surface area (TPSA) is 285 Å². The van der Waals surface area contributed by atoms with Gasteiger partial charge in [-0.05, 0) is 162 Å². The summed E-state index contributed by atoms with van der Waals surface area (Å²) in [6.07, 6.45) is 14.1. The van der Waals surface area contributed by atoms with Crippen molar-refractivity contribution in [3.05, 3.63) is 29.8 Å². The average Bonchev–Trinajstić information content (AvgIpc) is 3.66. The summed E-state index contributed by atoms with van der Waals surface area (Å²) < 4.78 is 10.7. The molecule has 1 aromatic carbocycles. The van der Waals surface area contributed by atoms with E-state index in [2.05, 4.69) is 40.4 Å². The molecule has 10 N–H and O–H groups in total. The number of aliphatic hydroxyl groups is 1. The van der Waals surface area contributed by atoms with Gasteiger partial charge in [-0.3, -0.25) is 24.0 Å². The number of amides is 5. The fourth-order valence-corrected chi connectivity index (χ4v) is 12.6. The van der Waals surface area contributed by atoms with Crippen LogP contribution in [-0.2, 0) is 38.2 Å². The Morgan fingerprint density at radius 3 is 2.13 bits per heavy atom. The lowest BCUT2D eigenvalue weighted by Crippen LogP contribution is -2.57. The van der Waals surface area contributed by atoms with Crippen LogP contribution in [0, 0.1) is 40.4 Å². The summed E-state index contributed by atoms with van der Waals surface area (Å²) in [7, 11) is 0. The molecular formula is C52H82N6O12. The number of hydrogen-bond acceptors (Lipinski definition) is 11. The van der Waals surface area contributed by atoms with Gasteiger partial charge >= 0.3 is 11.9 Å². The Kier molecular flexibility index (Phi) is 21.7. The molecule has 4 aliphatic rings. The van der Waals surface area contributed by atoms with E-state index in [9.17, 15) is 48.9 Å². The molecule has 0 saturated heterocycles. The van der Waals surface area contributed by atoms with Gasteiger partial charge in [0.05, 0.1) is 25.9 Å². The molecule has 5 amide bonds. The lowest BCUT2D eigenvalue weighted by molar-refractivity contribution is -0.164. The second-order valence-electron chi connectivity index (χ2n) is 21.0. The highest BCUT2D eigenvalue weighted by molar-refractivity contribution is 5.94. The second-order valence-corrected chi connectivity index (χ2v) is 21.0. The summed E-state index contributed by atoms with van der Waals surface area (Å²) in [5, 5.41) is 44.3. The Hall–Kier alpha value is -4.81. The first-order valence-corrected chi connectivity index (χ1v) is 26.0. The van der Waals surface area contributed by atoms with Crippen molar-refractivity contribution >= 4 is 47.2 Å². The third-order valence-corrected chi connectivity index (χ3v) is 16.5. The zero-order chi connectivity index (χ0) is 50.8. The Morgan fingerprint density at radius 1 is 0.700 bits per heavy atom. The number of ether oxygens (including phenoxy) is 2. The number of carbonyl (C=O) groups excluding carboxylic acids is 5. The van der Waals surface area contributed by atoms with Crippen molar-refractivity contribution in [2.45, 2.75) is 167 Å². The predicted molar refractivity (Wildman–Crippen MR) is 262 cm³/mol. The Balaban J connectivity index is 0.861. The number of carbonyl (C=O) groups is 7. The molecule has 4 saturated carbocycles. The monoisotopic (exact) mass is 983 g/mol. The lowest BCUT2D eigenvalue weighted by Gasteiger charge is -2.62. The number of aliphatic hydroxyl groups excluding tert-OH is 1. The van der Waals surface area contributed by atoms with Crippen LogP contribution in [0.3, 0.4) is 0 Å². The van der Waals surface area contributed by atoms with E-state index in [1.165, 1.54) is 44.9 Å². The van der Waals surface area contributed by atoms with E-state index in [1.807, 2.05) is 6.92 Å². The van der Waals surface area contributed by atoms with Crippen LogP contribution in [0.4, 0.5) is 5.69 Å². The van der Waals surface area contributed by atoms with Crippen molar-refractivity contribution in [1.82, 2.24) is 26.6 Å². The fourth-order valence-electron chi connectivity index (χ4n) is 12.6. The van der Waals surface area contributed by atoms with Crippen LogP contribution in [0.25, 0.3) is 0 Å². The van der Waals surface area contributed by atoms with Gasteiger partial charge in [0.25, 0.3) is 5.91 Å². The molecule has 9 unspecified atom stereocenters. The molecule has 0 radical (unpaired) electrons. The maximum atomic E-state index is 12.9. The molecule has 0 heterocycles. The van der Waals surface area contributed by atoms with Gasteiger partial charge in [-0.25, -0.2) is 9.59 Å². The summed E-state index contributed by atoms with van der Waals surface area (Å²) in [6, 6.07) is 3.79. The molecule has 392 valence electrons. The molecule has 18 nitrogen and oxygen atoms in total. The highest BCUT2D eigenvalue weighted by Gasteiger charge is 2.62. The molecule has 11 atom stereocenters. The highest BCUT2D eigenvalue weighted by atomic mass is 16.5. The van der Waals surface area contributed by atoms with Crippen LogP contribution < -0.4 is 32.3 Å². The highest BCUT2D eigenvalue weighted by Crippen LogP contribution is 2.68. The van der Waals surface area contributed by atoms with E-state index < -0.39 is 41.7 Å². The molecule has 0 aliphatic heterocycles. The molecule has 1 aromatic rings. The number of hydrogen-bond donors (Lipinski definition) is 9. The maximum absolute atomic E-state index is 12.9. The van der Waals surface area contributed by atoms with Gasteiger partial charge in [-0.2, -0.15) is 0 Å². The molecule has 5 rings (SSSR count). The third-order valence-electron chi connectivity index (χ3n) is 16.5. The van der Waals surface area contributed by atoms with Gasteiger partial charge in [0, 0.05) is 49.6 Å². The largest absolute Gasteiger partial charge is 0.480 e. The molecular weight excluding hydrogens is 901 g/mol. The fraction of sp³-hybridized carbons (Fsp3) is 0.750. The summed E-state index contributed by atoms with van der Waals surface area (Å²) in [6.45, 7) is 7.00. The quantitative estimate of drug-likeness (QED) is 0.0389. The van der Waals surface area contributed by atoms with Crippen LogP contribution in [-0.4, -0.2) is 121 Å². The van der Waals surface area contributed by atoms with Crippen LogP contribution in [0.2, 0.25) is 0 Å². The summed E-state index contributed by atoms with van der Waals surface area (Å²) in [5.74, 6) is -1.24. The van der Waals surface area contributed by atoms with Crippen LogP contribution >= 0.6 is 0 Å². The number of nitrogens with two attached hydrogens (primary N) is 1. The molecule has 4 fully saturated rings. The van der Waals surface area contributed by atoms with Crippen LogP contribution in [0.15, 0.2) is 24.3 Å². The van der Waals surface area contributed by atoms with Crippen LogP contribution in [0.1, 0.15) is 153 Å². The normalized spacial score (nSPS) is 27.0. The number of aliphatic carboxylic acids is 2. The zero-order valence-electron chi connectivity index (χ0n) is 41.8. The van der Waals surface area contributed by atoms with Crippen molar-refractivity contribution in [1.29, 1.82) is 0 Å². The second kappa shape index (κ2) is 27.1. The van der Waals surface area contributed by atoms with Gasteiger partial charge in [0.1, 0.15) is 18.7 Å². The smallest absolute Gasteiger partial charge is 0.326 e. The molecule has 4 aliphatic carbocycles. The standard InChI is InChI=1S/C52H82N6O12/c1-33(56-45(61)12-8-10-36-17-21-39-38-20-16-35-9-4-6-25-51(35,2)40(38)31-43(59)52(36,39)3)13-23-46(62)57-42(50(67)68)22-24-44(60)54-27-28-69-29-30-70-32-47(63)58-41(49(65)66)11-5-7-26-55-48(64)34-14-18-37(53)19-15-34/h14-15,18-19,33,35-36,38-43,59H,4-13,16-17,20-32,53H2,1-3H3,(H,54,60)(H,55,64)(H,56,61)(H,57,62)(H,58,63)(H,65,66)(H,67,68)/t33-,35?,36?,38?,39?,40?,41?,42?,43+,51?,52?/m1/s1. The van der Waals surface area contributed by atoms with Crippen molar-refractivity contribution < 1.29 is 58.4 Å². The minimum atomic E-state index is -1.27. The summed E-state index contributed by atoms with van der Waals surface area (Å²) >= 11 is 0. The van der Waals surface area contributed by atoms with E-state index >= 15 is 0 Å². The van der Waals surface area contributed by atoms with E-state index in [0.717, 1.165) is 31.6 Å². The Morgan fingerprint density at radius 2 is 1.39 bits per heavy atom. The van der Waals surface area contributed by atoms with Crippen molar-refractivity contribution in [2.24, 2.45) is 40.4 Å². The van der Waals surface area contributed by atoms with Gasteiger partial charge in [-0.1, -0.05) is 26.7 Å². The number of anilines is 1. The zero-order valence-corrected chi connectivity index (χ0v) is 41.8. The van der Waals surface area contributed by atoms with Gasteiger partial charge in [-0.15, -0.1) is 0 Å². The predicted octanol–water partition coefficient (Wildman–Crippen LogP) is 4.71. The molecule has 0 spiro atoms. The van der Waals surface area contributed by atoms with E-state index in [1.54, 1.807) is 24.3 Å². The Bertz CT molecular complexity index is 1920. The minimum Gasteiger partial charge on any atom is -0.480 e. The first-order chi connectivity index (χ1) is 33.4. The number of rotatable bonds is 29. The Labute approximate surface area is 413 Å². The summed E-state index contributed by atoms with van der Waals surface area (Å²) in [5.41, 5.74) is 6.91. The SMILES string of the molecule is C[C@H](CCC(=O)NC(CCC(=O)NCCOCCOCC(=O)NC(CCCCNC(=O)c1ccc(N)cc1)C(=O)O)C(=O)O)NC(=O)CCCC1CCC2C3CCC4CCCCC4(C)C3C[C@H](O)C12C. The molecule has 0 bridgehead atoms. The first-order valence-electron chi connectivity index (χ1n) is 26.0. The number of unbranched alkanes of at least 4 members (excludes halogenated alkanes) is 1. The van der Waals surface area contributed by atoms with Crippen molar-refractivity contribution in [3.8, 4) is 0 Å². The number of benzene rings is 1. The lowest BCUT2D eigenvalue weighted by atomic mass is 9.44. The molecule has 0 aromatic heterocycles. The van der Waals surface area contributed by atoms with Crippen LogP contribution in [0.5, 0.6) is 0 Å². The van der Waals surface area contributed by atoms with E-state index in [4.69, 9.17) is 15.2 Å². The number of nitrogens with one attached hydrogen (secondary N) is 5. The number of carboxylic acid groups (broad SMARTS) is 2. The molecule has 18 heteroatoms. The first kappa shape index (κ1) is 56.1. The van der Waals surface area contributed by atoms with Crippen molar-refractivity contribution in [3.63, 3.8) is 0 Å². The van der Waals surface area contributed by atoms with Gasteiger partial charge in [0.15, 0.2) is 0 Å². The van der Waals surface area contributed by atoms with Gasteiger partial charge in [0.2, 0.25) is 23.6 Å². The van der Waals surface area contributed by atoms with E-state index in [0.29, 0.717) is 72.6 Å². The summed E-state index contributed by atoms with van der Waals surface area (Å²) in [4.78, 5) is 86.0.